The third-order valence-corrected chi connectivity index (χ3v) is 3.36. The predicted octanol–water partition coefficient (Wildman–Crippen LogP) is 2.61. The molecule has 0 aliphatic carbocycles. The topological polar surface area (TPSA) is 55.8 Å². The van der Waals surface area contributed by atoms with Crippen LogP contribution in [-0.4, -0.2) is 29.4 Å². The van der Waals surface area contributed by atoms with E-state index in [0.29, 0.717) is 6.61 Å². The number of aliphatic carboxylic acids is 1. The van der Waals surface area contributed by atoms with Gasteiger partial charge < -0.3 is 14.6 Å². The van der Waals surface area contributed by atoms with Gasteiger partial charge in [0.15, 0.2) is 0 Å². The average molecular weight is 264 g/mol. The maximum absolute atomic E-state index is 10.9. The van der Waals surface area contributed by atoms with E-state index in [1.165, 1.54) is 0 Å². The van der Waals surface area contributed by atoms with Gasteiger partial charge >= 0.3 is 5.97 Å². The van der Waals surface area contributed by atoms with Gasteiger partial charge in [0.2, 0.25) is 0 Å². The zero-order chi connectivity index (χ0) is 13.7. The maximum atomic E-state index is 10.9. The third kappa shape index (κ3) is 4.33. The molecule has 1 aromatic rings. The van der Waals surface area contributed by atoms with Crippen molar-refractivity contribution >= 4 is 5.97 Å². The largest absolute Gasteiger partial charge is 0.481 e. The fourth-order valence-electron chi connectivity index (χ4n) is 2.36. The normalized spacial score (nSPS) is 27.1. The van der Waals surface area contributed by atoms with E-state index in [0.717, 1.165) is 18.4 Å². The van der Waals surface area contributed by atoms with E-state index in [2.05, 4.69) is 0 Å². The van der Waals surface area contributed by atoms with Crippen LogP contribution in [0.3, 0.4) is 0 Å². The van der Waals surface area contributed by atoms with E-state index >= 15 is 0 Å². The number of rotatable bonds is 5. The Labute approximate surface area is 113 Å². The van der Waals surface area contributed by atoms with Crippen molar-refractivity contribution in [3.8, 4) is 0 Å². The van der Waals surface area contributed by atoms with Gasteiger partial charge in [0, 0.05) is 0 Å². The summed E-state index contributed by atoms with van der Waals surface area (Å²) in [5.41, 5.74) is 1.09. The van der Waals surface area contributed by atoms with Crippen LogP contribution in [0.5, 0.6) is 0 Å². The van der Waals surface area contributed by atoms with Crippen molar-refractivity contribution in [3.63, 3.8) is 0 Å². The monoisotopic (exact) mass is 264 g/mol. The Balaban J connectivity index is 1.91. The van der Waals surface area contributed by atoms with E-state index in [9.17, 15) is 4.79 Å². The zero-order valence-electron chi connectivity index (χ0n) is 11.1. The molecule has 2 rings (SSSR count). The molecule has 0 aromatic heterocycles. The molecule has 1 aromatic carbocycles. The fraction of sp³-hybridized carbons (Fsp3) is 0.533. The first kappa shape index (κ1) is 14.0. The minimum absolute atomic E-state index is 0.00377. The summed E-state index contributed by atoms with van der Waals surface area (Å²) >= 11 is 0. The molecular formula is C15H20O4. The number of hydrogen-bond donors (Lipinski definition) is 1. The second-order valence-electron chi connectivity index (χ2n) is 5.00. The Hall–Kier alpha value is -1.39. The van der Waals surface area contributed by atoms with Crippen molar-refractivity contribution in [2.45, 2.75) is 51.1 Å². The lowest BCUT2D eigenvalue weighted by Gasteiger charge is -2.34. The highest BCUT2D eigenvalue weighted by Gasteiger charge is 2.31. The van der Waals surface area contributed by atoms with E-state index < -0.39 is 5.97 Å². The number of carboxylic acid groups (broad SMARTS) is 1. The van der Waals surface area contributed by atoms with Gasteiger partial charge in [0.1, 0.15) is 0 Å². The average Bonchev–Trinajstić information content (AvgIpc) is 2.38. The van der Waals surface area contributed by atoms with Crippen LogP contribution in [0, 0.1) is 0 Å². The molecule has 0 saturated carbocycles. The molecule has 19 heavy (non-hydrogen) atoms. The predicted molar refractivity (Wildman–Crippen MR) is 70.8 cm³/mol. The Kier molecular flexibility index (Phi) is 4.93. The first-order valence-electron chi connectivity index (χ1n) is 6.68. The Bertz CT molecular complexity index is 404. The van der Waals surface area contributed by atoms with Crippen molar-refractivity contribution in [3.05, 3.63) is 35.9 Å². The number of carbonyl (C=O) groups is 1. The molecule has 0 spiro atoms. The molecule has 4 nitrogen and oxygen atoms in total. The summed E-state index contributed by atoms with van der Waals surface area (Å²) in [7, 11) is 0. The van der Waals surface area contributed by atoms with Gasteiger partial charge in [-0.15, -0.1) is 0 Å². The van der Waals surface area contributed by atoms with Crippen LogP contribution in [0.2, 0.25) is 0 Å². The highest BCUT2D eigenvalue weighted by Crippen LogP contribution is 2.25. The molecule has 1 aliphatic rings. The van der Waals surface area contributed by atoms with Crippen LogP contribution >= 0.6 is 0 Å². The van der Waals surface area contributed by atoms with E-state index in [-0.39, 0.29) is 24.7 Å². The molecule has 104 valence electrons. The van der Waals surface area contributed by atoms with Crippen LogP contribution in [0.1, 0.15) is 31.7 Å². The summed E-state index contributed by atoms with van der Waals surface area (Å²) in [6.07, 6.45) is 1.41. The highest BCUT2D eigenvalue weighted by molar-refractivity contribution is 5.67. The minimum Gasteiger partial charge on any atom is -0.481 e. The minimum atomic E-state index is -0.840. The smallest absolute Gasteiger partial charge is 0.306 e. The highest BCUT2D eigenvalue weighted by atomic mass is 16.5. The molecule has 1 fully saturated rings. The lowest BCUT2D eigenvalue weighted by molar-refractivity contribution is -0.160. The van der Waals surface area contributed by atoms with Gasteiger partial charge in [-0.3, -0.25) is 4.79 Å². The summed E-state index contributed by atoms with van der Waals surface area (Å²) in [5, 5.41) is 8.92. The number of hydrogen-bond acceptors (Lipinski definition) is 3. The molecule has 0 bridgehead atoms. The number of carboxylic acids is 1. The Morgan fingerprint density at radius 2 is 2.11 bits per heavy atom. The van der Waals surface area contributed by atoms with Crippen molar-refractivity contribution in [1.29, 1.82) is 0 Å². The van der Waals surface area contributed by atoms with Gasteiger partial charge in [-0.25, -0.2) is 0 Å². The zero-order valence-corrected chi connectivity index (χ0v) is 11.1. The van der Waals surface area contributed by atoms with E-state index in [1.807, 2.05) is 37.3 Å². The Morgan fingerprint density at radius 1 is 1.37 bits per heavy atom. The summed E-state index contributed by atoms with van der Waals surface area (Å²) in [6, 6.07) is 9.89. The fourth-order valence-corrected chi connectivity index (χ4v) is 2.36. The van der Waals surface area contributed by atoms with Gasteiger partial charge in [0.25, 0.3) is 0 Å². The lowest BCUT2D eigenvalue weighted by atomic mass is 9.99. The first-order valence-corrected chi connectivity index (χ1v) is 6.68. The molecule has 0 radical (unpaired) electrons. The number of ether oxygens (including phenoxy) is 2. The first-order chi connectivity index (χ1) is 9.15. The summed E-state index contributed by atoms with van der Waals surface area (Å²) in [5.74, 6) is -0.840. The van der Waals surface area contributed by atoms with Crippen LogP contribution < -0.4 is 0 Å². The second-order valence-corrected chi connectivity index (χ2v) is 5.00. The molecule has 0 amide bonds. The number of benzene rings is 1. The Morgan fingerprint density at radius 3 is 2.79 bits per heavy atom. The molecule has 0 unspecified atom stereocenters. The van der Waals surface area contributed by atoms with Crippen molar-refractivity contribution in [2.24, 2.45) is 0 Å². The molecule has 1 heterocycles. The van der Waals surface area contributed by atoms with Gasteiger partial charge in [-0.2, -0.15) is 0 Å². The van der Waals surface area contributed by atoms with Crippen LogP contribution in [0.25, 0.3) is 0 Å². The third-order valence-electron chi connectivity index (χ3n) is 3.36. The maximum Gasteiger partial charge on any atom is 0.306 e. The van der Waals surface area contributed by atoms with Crippen molar-refractivity contribution in [1.82, 2.24) is 0 Å². The van der Waals surface area contributed by atoms with E-state index in [1.54, 1.807) is 0 Å². The van der Waals surface area contributed by atoms with Crippen molar-refractivity contribution in [2.75, 3.05) is 0 Å². The molecule has 1 aliphatic heterocycles. The van der Waals surface area contributed by atoms with Gasteiger partial charge in [-0.1, -0.05) is 30.3 Å². The van der Waals surface area contributed by atoms with E-state index in [4.69, 9.17) is 14.6 Å². The molecular weight excluding hydrogens is 244 g/mol. The standard InChI is InChI=1S/C15H20O4/c1-11-7-8-13(14(19-11)9-15(16)17)18-10-12-5-3-2-4-6-12/h2-6,11,13-14H,7-10H2,1H3,(H,16,17)/t11-,13+,14+/m1/s1. The van der Waals surface area contributed by atoms with Crippen LogP contribution in [-0.2, 0) is 20.9 Å². The molecule has 4 heteroatoms. The molecule has 1 N–H and O–H groups in total. The molecule has 1 saturated heterocycles. The van der Waals surface area contributed by atoms with Crippen LogP contribution in [0.4, 0.5) is 0 Å². The quantitative estimate of drug-likeness (QED) is 0.888. The van der Waals surface area contributed by atoms with Crippen LogP contribution in [0.15, 0.2) is 30.3 Å². The van der Waals surface area contributed by atoms with Gasteiger partial charge in [0.05, 0.1) is 31.3 Å². The second kappa shape index (κ2) is 6.68. The van der Waals surface area contributed by atoms with Gasteiger partial charge in [-0.05, 0) is 25.3 Å². The summed E-state index contributed by atoms with van der Waals surface area (Å²) in [4.78, 5) is 10.9. The summed E-state index contributed by atoms with van der Waals surface area (Å²) in [6.45, 7) is 2.47. The van der Waals surface area contributed by atoms with Crippen molar-refractivity contribution < 1.29 is 19.4 Å². The molecule has 3 atom stereocenters. The SMILES string of the molecule is C[C@@H]1CC[C@H](OCc2ccccc2)[C@H](CC(=O)O)O1. The summed E-state index contributed by atoms with van der Waals surface area (Å²) < 4.78 is 11.5. The lowest BCUT2D eigenvalue weighted by Crippen LogP contribution is -2.40.